The molecule has 0 amide bonds. The molecule has 1 heterocycles. The van der Waals surface area contributed by atoms with E-state index in [0.29, 0.717) is 6.61 Å². The Morgan fingerprint density at radius 3 is 3.12 bits per heavy atom. The Balaban J connectivity index is 1.92. The minimum atomic E-state index is -0.476. The summed E-state index contributed by atoms with van der Waals surface area (Å²) in [7, 11) is 0. The summed E-state index contributed by atoms with van der Waals surface area (Å²) in [5.74, 6) is -0.476. The standard InChI is InChI=1S/C13H15FN2O/c14-13-4-3-10(6-11(13)7-15)9-17-12-2-1-5-16-8-12/h3-4,6,12,16H,1-2,5,8-9H2. The van der Waals surface area contributed by atoms with E-state index >= 15 is 0 Å². The average molecular weight is 234 g/mol. The fourth-order valence-electron chi connectivity index (χ4n) is 1.92. The van der Waals surface area contributed by atoms with E-state index in [1.165, 1.54) is 6.07 Å². The van der Waals surface area contributed by atoms with Gasteiger partial charge in [0, 0.05) is 6.54 Å². The number of nitriles is 1. The summed E-state index contributed by atoms with van der Waals surface area (Å²) >= 11 is 0. The highest BCUT2D eigenvalue weighted by atomic mass is 19.1. The lowest BCUT2D eigenvalue weighted by Crippen LogP contribution is -2.35. The van der Waals surface area contributed by atoms with Crippen molar-refractivity contribution >= 4 is 0 Å². The molecule has 2 rings (SSSR count). The van der Waals surface area contributed by atoms with Crippen molar-refractivity contribution in [1.82, 2.24) is 5.32 Å². The van der Waals surface area contributed by atoms with Crippen LogP contribution in [-0.4, -0.2) is 19.2 Å². The zero-order valence-corrected chi connectivity index (χ0v) is 9.58. The van der Waals surface area contributed by atoms with Gasteiger partial charge in [-0.1, -0.05) is 6.07 Å². The second-order valence-electron chi connectivity index (χ2n) is 4.21. The first kappa shape index (κ1) is 12.0. The van der Waals surface area contributed by atoms with Crippen molar-refractivity contribution in [3.63, 3.8) is 0 Å². The minimum Gasteiger partial charge on any atom is -0.372 e. The van der Waals surface area contributed by atoms with Crippen LogP contribution in [0.15, 0.2) is 18.2 Å². The van der Waals surface area contributed by atoms with Crippen LogP contribution in [0.1, 0.15) is 24.0 Å². The number of benzene rings is 1. The molecular formula is C13H15FN2O. The van der Waals surface area contributed by atoms with Crippen molar-refractivity contribution in [2.75, 3.05) is 13.1 Å². The Morgan fingerprint density at radius 2 is 2.41 bits per heavy atom. The lowest BCUT2D eigenvalue weighted by molar-refractivity contribution is 0.0252. The molecule has 0 spiro atoms. The largest absolute Gasteiger partial charge is 0.372 e. The zero-order chi connectivity index (χ0) is 12.1. The van der Waals surface area contributed by atoms with Crippen molar-refractivity contribution in [2.45, 2.75) is 25.6 Å². The predicted molar refractivity (Wildman–Crippen MR) is 61.8 cm³/mol. The molecular weight excluding hydrogens is 219 g/mol. The van der Waals surface area contributed by atoms with E-state index in [4.69, 9.17) is 10.00 Å². The highest BCUT2D eigenvalue weighted by molar-refractivity contribution is 5.34. The van der Waals surface area contributed by atoms with E-state index in [2.05, 4.69) is 5.32 Å². The first-order valence-electron chi connectivity index (χ1n) is 5.80. The van der Waals surface area contributed by atoms with E-state index in [-0.39, 0.29) is 11.7 Å². The van der Waals surface area contributed by atoms with Gasteiger partial charge in [0.15, 0.2) is 0 Å². The van der Waals surface area contributed by atoms with Gasteiger partial charge < -0.3 is 10.1 Å². The van der Waals surface area contributed by atoms with Gasteiger partial charge >= 0.3 is 0 Å². The molecule has 1 saturated heterocycles. The summed E-state index contributed by atoms with van der Waals surface area (Å²) in [6.07, 6.45) is 2.40. The molecule has 1 aliphatic heterocycles. The summed E-state index contributed by atoms with van der Waals surface area (Å²) in [6, 6.07) is 6.35. The molecule has 1 aromatic carbocycles. The van der Waals surface area contributed by atoms with Crippen molar-refractivity contribution in [3.8, 4) is 6.07 Å². The Bertz CT molecular complexity index is 422. The number of nitrogens with one attached hydrogen (secondary N) is 1. The molecule has 0 aromatic heterocycles. The van der Waals surface area contributed by atoms with Gasteiger partial charge in [-0.15, -0.1) is 0 Å². The molecule has 1 aromatic rings. The topological polar surface area (TPSA) is 45.0 Å². The normalized spacial score (nSPS) is 19.9. The predicted octanol–water partition coefficient (Wildman–Crippen LogP) is 1.97. The van der Waals surface area contributed by atoms with Crippen LogP contribution in [0.2, 0.25) is 0 Å². The maximum Gasteiger partial charge on any atom is 0.140 e. The molecule has 4 heteroatoms. The Kier molecular flexibility index (Phi) is 4.08. The third kappa shape index (κ3) is 3.26. The third-order valence-corrected chi connectivity index (χ3v) is 2.89. The first-order valence-corrected chi connectivity index (χ1v) is 5.80. The smallest absolute Gasteiger partial charge is 0.140 e. The Hall–Kier alpha value is -1.44. The lowest BCUT2D eigenvalue weighted by Gasteiger charge is -2.23. The highest BCUT2D eigenvalue weighted by Crippen LogP contribution is 2.13. The van der Waals surface area contributed by atoms with Crippen LogP contribution < -0.4 is 5.32 Å². The quantitative estimate of drug-likeness (QED) is 0.869. The average Bonchev–Trinajstić information content (AvgIpc) is 2.39. The highest BCUT2D eigenvalue weighted by Gasteiger charge is 2.13. The lowest BCUT2D eigenvalue weighted by atomic mass is 10.1. The first-order chi connectivity index (χ1) is 8.29. The van der Waals surface area contributed by atoms with Crippen molar-refractivity contribution in [2.24, 2.45) is 0 Å². The number of rotatable bonds is 3. The molecule has 17 heavy (non-hydrogen) atoms. The molecule has 1 fully saturated rings. The van der Waals surface area contributed by atoms with Crippen molar-refractivity contribution in [3.05, 3.63) is 35.1 Å². The van der Waals surface area contributed by atoms with E-state index in [9.17, 15) is 4.39 Å². The monoisotopic (exact) mass is 234 g/mol. The fraction of sp³-hybridized carbons (Fsp3) is 0.462. The van der Waals surface area contributed by atoms with Gasteiger partial charge in [-0.2, -0.15) is 5.26 Å². The SMILES string of the molecule is N#Cc1cc(COC2CCCNC2)ccc1F. The van der Waals surface area contributed by atoms with Crippen LogP contribution in [0.25, 0.3) is 0 Å². The number of hydrogen-bond donors (Lipinski definition) is 1. The molecule has 0 aliphatic carbocycles. The van der Waals surface area contributed by atoms with Gasteiger partial charge in [0.2, 0.25) is 0 Å². The number of piperidine rings is 1. The molecule has 0 saturated carbocycles. The number of halogens is 1. The van der Waals surface area contributed by atoms with Crippen LogP contribution in [0, 0.1) is 17.1 Å². The number of nitrogens with zero attached hydrogens (tertiary/aromatic N) is 1. The van der Waals surface area contributed by atoms with Gasteiger partial charge in [0.1, 0.15) is 11.9 Å². The van der Waals surface area contributed by atoms with Gasteiger partial charge in [-0.3, -0.25) is 0 Å². The molecule has 3 nitrogen and oxygen atoms in total. The van der Waals surface area contributed by atoms with Crippen molar-refractivity contribution < 1.29 is 9.13 Å². The van der Waals surface area contributed by atoms with Crippen molar-refractivity contribution in [1.29, 1.82) is 5.26 Å². The molecule has 1 aliphatic rings. The van der Waals surface area contributed by atoms with Gasteiger partial charge in [0.05, 0.1) is 18.3 Å². The maximum absolute atomic E-state index is 13.1. The summed E-state index contributed by atoms with van der Waals surface area (Å²) in [6.45, 7) is 2.35. The summed E-state index contributed by atoms with van der Waals surface area (Å²) in [4.78, 5) is 0. The van der Waals surface area contributed by atoms with Crippen LogP contribution in [-0.2, 0) is 11.3 Å². The van der Waals surface area contributed by atoms with Gasteiger partial charge in [-0.05, 0) is 37.1 Å². The fourth-order valence-corrected chi connectivity index (χ4v) is 1.92. The number of hydrogen-bond acceptors (Lipinski definition) is 3. The van der Waals surface area contributed by atoms with E-state index in [1.807, 2.05) is 6.07 Å². The van der Waals surface area contributed by atoms with Gasteiger partial charge in [-0.25, -0.2) is 4.39 Å². The van der Waals surface area contributed by atoms with Crippen LogP contribution in [0.3, 0.4) is 0 Å². The molecule has 1 unspecified atom stereocenters. The second kappa shape index (κ2) is 5.76. The summed E-state index contributed by atoms with van der Waals surface area (Å²) in [5.41, 5.74) is 0.918. The molecule has 0 bridgehead atoms. The van der Waals surface area contributed by atoms with E-state index in [0.717, 1.165) is 31.5 Å². The molecule has 0 radical (unpaired) electrons. The van der Waals surface area contributed by atoms with E-state index in [1.54, 1.807) is 12.1 Å². The maximum atomic E-state index is 13.1. The third-order valence-electron chi connectivity index (χ3n) is 2.89. The second-order valence-corrected chi connectivity index (χ2v) is 4.21. The number of ether oxygens (including phenoxy) is 1. The molecule has 90 valence electrons. The Morgan fingerprint density at radius 1 is 1.53 bits per heavy atom. The molecule has 1 atom stereocenters. The van der Waals surface area contributed by atoms with Gasteiger partial charge in [0.25, 0.3) is 0 Å². The molecule has 1 N–H and O–H groups in total. The van der Waals surface area contributed by atoms with E-state index < -0.39 is 5.82 Å². The van der Waals surface area contributed by atoms with Crippen LogP contribution in [0.4, 0.5) is 4.39 Å². The Labute approximate surface area is 100 Å². The summed E-state index contributed by atoms with van der Waals surface area (Å²) in [5, 5.41) is 12.0. The van der Waals surface area contributed by atoms with Crippen LogP contribution >= 0.6 is 0 Å². The summed E-state index contributed by atoms with van der Waals surface area (Å²) < 4.78 is 18.8. The van der Waals surface area contributed by atoms with Crippen LogP contribution in [0.5, 0.6) is 0 Å². The zero-order valence-electron chi connectivity index (χ0n) is 9.58. The minimum absolute atomic E-state index is 0.0767.